The zero-order valence-corrected chi connectivity index (χ0v) is 12.9. The molecule has 0 atom stereocenters. The Morgan fingerprint density at radius 3 is 2.70 bits per heavy atom. The van der Waals surface area contributed by atoms with Gasteiger partial charge in [0.1, 0.15) is 5.60 Å². The van der Waals surface area contributed by atoms with Crippen molar-refractivity contribution in [2.75, 3.05) is 5.32 Å². The van der Waals surface area contributed by atoms with Gasteiger partial charge in [-0.15, -0.1) is 0 Å². The smallest absolute Gasteiger partial charge is 0.414 e. The predicted octanol–water partition coefficient (Wildman–Crippen LogP) is 3.40. The molecule has 1 aromatic carbocycles. The number of aromatic nitrogens is 2. The molecule has 0 spiro atoms. The number of anilines is 1. The van der Waals surface area contributed by atoms with Gasteiger partial charge in [-0.05, 0) is 26.8 Å². The molecule has 0 bridgehead atoms. The number of benzene rings is 1. The molecular weight excluding hydrogens is 300 g/mol. The van der Waals surface area contributed by atoms with Crippen molar-refractivity contribution >= 4 is 17.7 Å². The van der Waals surface area contributed by atoms with Crippen molar-refractivity contribution in [2.24, 2.45) is 0 Å². The zero-order valence-electron chi connectivity index (χ0n) is 12.9. The van der Waals surface area contributed by atoms with Crippen molar-refractivity contribution in [3.8, 4) is 11.3 Å². The number of carbonyl (C=O) groups is 1. The van der Waals surface area contributed by atoms with Gasteiger partial charge in [0.2, 0.25) is 5.95 Å². The summed E-state index contributed by atoms with van der Waals surface area (Å²) in [5.41, 5.74) is 0.327. The standard InChI is InChI=1S/C15H16N4O4/c1-15(2,3)23-14(20)18-13-16-8-7-12(17-13)10-5-4-6-11(9-10)19(21)22/h4-9H,1-3H3,(H,16,17,18,20). The minimum absolute atomic E-state index is 0.0391. The molecule has 0 aliphatic carbocycles. The summed E-state index contributed by atoms with van der Waals surface area (Å²) in [6.45, 7) is 5.23. The fourth-order valence-electron chi connectivity index (χ4n) is 1.75. The summed E-state index contributed by atoms with van der Waals surface area (Å²) in [7, 11) is 0. The SMILES string of the molecule is CC(C)(C)OC(=O)Nc1nccc(-c2cccc([N+](=O)[O-])c2)n1. The Kier molecular flexibility index (Phi) is 4.54. The van der Waals surface area contributed by atoms with Crippen LogP contribution in [-0.2, 0) is 4.74 Å². The van der Waals surface area contributed by atoms with E-state index in [1.165, 1.54) is 18.3 Å². The predicted molar refractivity (Wildman–Crippen MR) is 84.0 cm³/mol. The molecule has 2 rings (SSSR count). The van der Waals surface area contributed by atoms with E-state index in [9.17, 15) is 14.9 Å². The zero-order chi connectivity index (χ0) is 17.0. The van der Waals surface area contributed by atoms with Gasteiger partial charge >= 0.3 is 6.09 Å². The summed E-state index contributed by atoms with van der Waals surface area (Å²) in [6.07, 6.45) is 0.780. The van der Waals surface area contributed by atoms with E-state index in [1.807, 2.05) is 0 Å². The van der Waals surface area contributed by atoms with Gasteiger partial charge in [0, 0.05) is 23.9 Å². The number of non-ortho nitro benzene ring substituents is 1. The van der Waals surface area contributed by atoms with Crippen LogP contribution < -0.4 is 5.32 Å². The molecule has 0 fully saturated rings. The number of nitrogens with one attached hydrogen (secondary N) is 1. The third kappa shape index (κ3) is 4.73. The molecule has 0 aliphatic rings. The maximum absolute atomic E-state index is 11.7. The first kappa shape index (κ1) is 16.3. The van der Waals surface area contributed by atoms with Crippen LogP contribution in [0.4, 0.5) is 16.4 Å². The van der Waals surface area contributed by atoms with Crippen LogP contribution >= 0.6 is 0 Å². The van der Waals surface area contributed by atoms with Crippen LogP contribution in [0.1, 0.15) is 20.8 Å². The minimum Gasteiger partial charge on any atom is -0.444 e. The number of nitrogens with zero attached hydrogens (tertiary/aromatic N) is 3. The fourth-order valence-corrected chi connectivity index (χ4v) is 1.75. The highest BCUT2D eigenvalue weighted by Crippen LogP contribution is 2.22. The van der Waals surface area contributed by atoms with Crippen LogP contribution in [0, 0.1) is 10.1 Å². The van der Waals surface area contributed by atoms with E-state index in [4.69, 9.17) is 4.74 Å². The van der Waals surface area contributed by atoms with E-state index in [2.05, 4.69) is 15.3 Å². The molecule has 0 unspecified atom stereocenters. The molecule has 0 radical (unpaired) electrons. The van der Waals surface area contributed by atoms with Crippen molar-refractivity contribution in [3.63, 3.8) is 0 Å². The van der Waals surface area contributed by atoms with Crippen LogP contribution in [0.25, 0.3) is 11.3 Å². The van der Waals surface area contributed by atoms with Gasteiger partial charge in [-0.1, -0.05) is 12.1 Å². The average molecular weight is 316 g/mol. The Balaban J connectivity index is 2.22. The number of nitro benzene ring substituents is 1. The number of hydrogen-bond donors (Lipinski definition) is 1. The second kappa shape index (κ2) is 6.39. The molecule has 8 heteroatoms. The first-order chi connectivity index (χ1) is 10.7. The highest BCUT2D eigenvalue weighted by molar-refractivity contribution is 5.82. The number of carbonyl (C=O) groups excluding carboxylic acids is 1. The molecule has 8 nitrogen and oxygen atoms in total. The lowest BCUT2D eigenvalue weighted by atomic mass is 10.1. The summed E-state index contributed by atoms with van der Waals surface area (Å²) in [4.78, 5) is 30.2. The molecule has 0 saturated heterocycles. The molecule has 2 aromatic rings. The van der Waals surface area contributed by atoms with Crippen LogP contribution in [0.15, 0.2) is 36.5 Å². The Hall–Kier alpha value is -3.03. The van der Waals surface area contributed by atoms with Gasteiger partial charge in [0.05, 0.1) is 10.6 Å². The Morgan fingerprint density at radius 1 is 1.30 bits per heavy atom. The van der Waals surface area contributed by atoms with Crippen LogP contribution in [0.2, 0.25) is 0 Å². The van der Waals surface area contributed by atoms with Crippen molar-refractivity contribution in [1.82, 2.24) is 9.97 Å². The lowest BCUT2D eigenvalue weighted by molar-refractivity contribution is -0.384. The van der Waals surface area contributed by atoms with E-state index in [1.54, 1.807) is 39.0 Å². The Morgan fingerprint density at radius 2 is 2.04 bits per heavy atom. The molecule has 120 valence electrons. The second-order valence-electron chi connectivity index (χ2n) is 5.70. The van der Waals surface area contributed by atoms with Crippen molar-refractivity contribution in [1.29, 1.82) is 0 Å². The van der Waals surface area contributed by atoms with Gasteiger partial charge in [-0.2, -0.15) is 0 Å². The average Bonchev–Trinajstić information content (AvgIpc) is 2.45. The molecule has 1 aromatic heterocycles. The highest BCUT2D eigenvalue weighted by atomic mass is 16.6. The minimum atomic E-state index is -0.673. The number of ether oxygens (including phenoxy) is 1. The maximum atomic E-state index is 11.7. The van der Waals surface area contributed by atoms with Crippen LogP contribution in [0.5, 0.6) is 0 Å². The molecule has 23 heavy (non-hydrogen) atoms. The molecule has 1 heterocycles. The van der Waals surface area contributed by atoms with Crippen molar-refractivity contribution in [2.45, 2.75) is 26.4 Å². The van der Waals surface area contributed by atoms with Crippen molar-refractivity contribution in [3.05, 3.63) is 46.6 Å². The van der Waals surface area contributed by atoms with Gasteiger partial charge in [0.25, 0.3) is 5.69 Å². The topological polar surface area (TPSA) is 107 Å². The molecule has 1 N–H and O–H groups in total. The van der Waals surface area contributed by atoms with Crippen LogP contribution in [0.3, 0.4) is 0 Å². The van der Waals surface area contributed by atoms with E-state index in [0.29, 0.717) is 11.3 Å². The molecule has 0 saturated carbocycles. The molecule has 0 aliphatic heterocycles. The van der Waals surface area contributed by atoms with Gasteiger partial charge in [-0.3, -0.25) is 15.4 Å². The lowest BCUT2D eigenvalue weighted by Crippen LogP contribution is -2.27. The largest absolute Gasteiger partial charge is 0.444 e. The molecule has 1 amide bonds. The third-order valence-electron chi connectivity index (χ3n) is 2.62. The molecular formula is C15H16N4O4. The first-order valence-electron chi connectivity index (χ1n) is 6.82. The first-order valence-corrected chi connectivity index (χ1v) is 6.82. The van der Waals surface area contributed by atoms with Crippen LogP contribution in [-0.4, -0.2) is 26.6 Å². The Labute approximate surface area is 132 Å². The quantitative estimate of drug-likeness (QED) is 0.687. The van der Waals surface area contributed by atoms with E-state index in [-0.39, 0.29) is 11.6 Å². The summed E-state index contributed by atoms with van der Waals surface area (Å²) in [5.74, 6) is 0.0586. The van der Waals surface area contributed by atoms with E-state index in [0.717, 1.165) is 0 Å². The van der Waals surface area contributed by atoms with Gasteiger partial charge in [-0.25, -0.2) is 14.8 Å². The fraction of sp³-hybridized carbons (Fsp3) is 0.267. The normalized spacial score (nSPS) is 10.9. The third-order valence-corrected chi connectivity index (χ3v) is 2.62. The Bertz CT molecular complexity index is 740. The summed E-state index contributed by atoms with van der Waals surface area (Å²) >= 11 is 0. The number of hydrogen-bond acceptors (Lipinski definition) is 6. The number of amides is 1. The number of nitro groups is 1. The summed E-state index contributed by atoms with van der Waals surface area (Å²) in [5, 5.41) is 13.3. The summed E-state index contributed by atoms with van der Waals surface area (Å²) in [6, 6.07) is 7.65. The van der Waals surface area contributed by atoms with E-state index < -0.39 is 16.6 Å². The van der Waals surface area contributed by atoms with Crippen molar-refractivity contribution < 1.29 is 14.5 Å². The summed E-state index contributed by atoms with van der Waals surface area (Å²) < 4.78 is 5.12. The highest BCUT2D eigenvalue weighted by Gasteiger charge is 2.17. The monoisotopic (exact) mass is 316 g/mol. The van der Waals surface area contributed by atoms with Gasteiger partial charge in [0.15, 0.2) is 0 Å². The number of rotatable bonds is 3. The lowest BCUT2D eigenvalue weighted by Gasteiger charge is -2.19. The second-order valence-corrected chi connectivity index (χ2v) is 5.70. The van der Waals surface area contributed by atoms with E-state index >= 15 is 0 Å². The maximum Gasteiger partial charge on any atom is 0.414 e. The van der Waals surface area contributed by atoms with Gasteiger partial charge < -0.3 is 4.74 Å².